The highest BCUT2D eigenvalue weighted by Gasteiger charge is 2.12. The molecule has 1 heterocycles. The van der Waals surface area contributed by atoms with Gasteiger partial charge in [0.2, 0.25) is 0 Å². The first-order valence-corrected chi connectivity index (χ1v) is 4.78. The number of carbonyl (C=O) groups is 1. The zero-order valence-corrected chi connectivity index (χ0v) is 8.56. The summed E-state index contributed by atoms with van der Waals surface area (Å²) in [6.07, 6.45) is 4.26. The molecule has 1 unspecified atom stereocenters. The van der Waals surface area contributed by atoms with Gasteiger partial charge in [0.05, 0.1) is 24.6 Å². The molecule has 0 amide bonds. The molecule has 0 fully saturated rings. The maximum Gasteiger partial charge on any atom is 0.328 e. The Morgan fingerprint density at radius 3 is 3.12 bits per heavy atom. The van der Waals surface area contributed by atoms with Gasteiger partial charge in [0.25, 0.3) is 0 Å². The molecule has 7 heteroatoms. The number of hydrogen-bond donors (Lipinski definition) is 3. The molecule has 3 N–H and O–H groups in total. The Hall–Kier alpha value is -1.76. The highest BCUT2D eigenvalue weighted by atomic mass is 19.1. The lowest BCUT2D eigenvalue weighted by atomic mass is 10.1. The number of aromatic nitrogens is 3. The molecule has 0 radical (unpaired) electrons. The van der Waals surface area contributed by atoms with Crippen LogP contribution in [0.2, 0.25) is 0 Å². The maximum absolute atomic E-state index is 12.3. The predicted octanol–water partition coefficient (Wildman–Crippen LogP) is 0.436. The fourth-order valence-corrected chi connectivity index (χ4v) is 1.21. The number of nitrogens with zero attached hydrogens (tertiary/aromatic N) is 2. The van der Waals surface area contributed by atoms with Crippen LogP contribution in [0.25, 0.3) is 0 Å². The highest BCUT2D eigenvalue weighted by molar-refractivity contribution is 5.79. The topological polar surface area (TPSA) is 90.9 Å². The number of carboxylic acids is 1. The molecule has 0 aliphatic heterocycles. The minimum atomic E-state index is -1.01. The van der Waals surface area contributed by atoms with Gasteiger partial charge < -0.3 is 10.4 Å². The van der Waals surface area contributed by atoms with E-state index in [-0.39, 0.29) is 12.5 Å². The number of nitrogens with one attached hydrogen (secondary N) is 2. The molecule has 16 heavy (non-hydrogen) atoms. The number of alkyl halides is 1. The molecule has 0 aliphatic rings. The number of hydrogen-bond acceptors (Lipinski definition) is 4. The van der Waals surface area contributed by atoms with Crippen molar-refractivity contribution in [3.8, 4) is 0 Å². The van der Waals surface area contributed by atoms with E-state index in [1.165, 1.54) is 12.3 Å². The molecular formula is C9H13FN4O2. The monoisotopic (exact) mass is 228 g/mol. The van der Waals surface area contributed by atoms with Crippen molar-refractivity contribution in [2.45, 2.75) is 12.5 Å². The second-order valence-corrected chi connectivity index (χ2v) is 3.07. The van der Waals surface area contributed by atoms with E-state index in [2.05, 4.69) is 20.7 Å². The first kappa shape index (κ1) is 12.3. The molecule has 88 valence electrons. The van der Waals surface area contributed by atoms with Crippen molar-refractivity contribution in [2.75, 3.05) is 13.2 Å². The Balaban J connectivity index is 2.43. The molecule has 0 aliphatic carbocycles. The lowest BCUT2D eigenvalue weighted by Gasteiger charge is -2.12. The summed E-state index contributed by atoms with van der Waals surface area (Å²) in [7, 11) is 0. The standard InChI is InChI=1S/C9H13FN4O2/c10-4-3-7(8-6-12-14-13-8)11-5-1-2-9(15)16/h1-2,6-7,11H,3-5H2,(H,15,16)(H,12,13,14)/b2-1+. The van der Waals surface area contributed by atoms with Crippen LogP contribution in [-0.2, 0) is 4.79 Å². The highest BCUT2D eigenvalue weighted by Crippen LogP contribution is 2.12. The van der Waals surface area contributed by atoms with Gasteiger partial charge in [0, 0.05) is 12.6 Å². The van der Waals surface area contributed by atoms with E-state index in [0.717, 1.165) is 6.08 Å². The average molecular weight is 228 g/mol. The minimum absolute atomic E-state index is 0.262. The lowest BCUT2D eigenvalue weighted by molar-refractivity contribution is -0.131. The molecule has 0 spiro atoms. The SMILES string of the molecule is O=C(O)/C=C/CNC(CCF)c1cn[nH]n1. The second-order valence-electron chi connectivity index (χ2n) is 3.07. The van der Waals surface area contributed by atoms with Crippen molar-refractivity contribution in [3.63, 3.8) is 0 Å². The molecule has 1 atom stereocenters. The van der Waals surface area contributed by atoms with Crippen molar-refractivity contribution in [1.82, 2.24) is 20.7 Å². The van der Waals surface area contributed by atoms with Gasteiger partial charge in [-0.25, -0.2) is 4.79 Å². The van der Waals surface area contributed by atoms with E-state index in [1.807, 2.05) is 0 Å². The Labute approximate surface area is 91.6 Å². The predicted molar refractivity (Wildman–Crippen MR) is 54.5 cm³/mol. The summed E-state index contributed by atoms with van der Waals surface area (Å²) in [4.78, 5) is 10.2. The van der Waals surface area contributed by atoms with Gasteiger partial charge in [-0.3, -0.25) is 4.39 Å². The Morgan fingerprint density at radius 1 is 1.75 bits per heavy atom. The maximum atomic E-state index is 12.3. The van der Waals surface area contributed by atoms with Crippen LogP contribution in [0.1, 0.15) is 18.2 Å². The van der Waals surface area contributed by atoms with E-state index in [1.54, 1.807) is 0 Å². The zero-order valence-electron chi connectivity index (χ0n) is 8.56. The number of aliphatic carboxylic acids is 1. The Bertz CT molecular complexity index is 339. The van der Waals surface area contributed by atoms with Crippen molar-refractivity contribution in [3.05, 3.63) is 24.0 Å². The number of aromatic amines is 1. The van der Waals surface area contributed by atoms with E-state index >= 15 is 0 Å². The number of rotatable bonds is 7. The molecule has 0 aromatic carbocycles. The molecule has 1 aromatic rings. The fourth-order valence-electron chi connectivity index (χ4n) is 1.21. The van der Waals surface area contributed by atoms with Crippen LogP contribution < -0.4 is 5.32 Å². The van der Waals surface area contributed by atoms with Crippen LogP contribution >= 0.6 is 0 Å². The second kappa shape index (κ2) is 6.67. The normalized spacial score (nSPS) is 13.1. The van der Waals surface area contributed by atoms with Crippen molar-refractivity contribution in [2.24, 2.45) is 0 Å². The van der Waals surface area contributed by atoms with Gasteiger partial charge in [-0.05, 0) is 6.42 Å². The largest absolute Gasteiger partial charge is 0.478 e. The summed E-state index contributed by atoms with van der Waals surface area (Å²) >= 11 is 0. The first-order valence-electron chi connectivity index (χ1n) is 4.78. The van der Waals surface area contributed by atoms with Crippen molar-refractivity contribution >= 4 is 5.97 Å². The van der Waals surface area contributed by atoms with Crippen LogP contribution in [0.4, 0.5) is 4.39 Å². The van der Waals surface area contributed by atoms with Crippen LogP contribution in [0.3, 0.4) is 0 Å². The van der Waals surface area contributed by atoms with Gasteiger partial charge in [-0.15, -0.1) is 0 Å². The summed E-state index contributed by atoms with van der Waals surface area (Å²) in [5, 5.41) is 21.2. The number of H-pyrrole nitrogens is 1. The van der Waals surface area contributed by atoms with Crippen molar-refractivity contribution in [1.29, 1.82) is 0 Å². The van der Waals surface area contributed by atoms with E-state index in [4.69, 9.17) is 5.11 Å². The van der Waals surface area contributed by atoms with Crippen LogP contribution in [-0.4, -0.2) is 39.7 Å². The third kappa shape index (κ3) is 4.18. The van der Waals surface area contributed by atoms with Gasteiger partial charge in [-0.2, -0.15) is 15.4 Å². The molecule has 0 saturated heterocycles. The van der Waals surface area contributed by atoms with Gasteiger partial charge in [0.1, 0.15) is 0 Å². The number of halogens is 1. The third-order valence-electron chi connectivity index (χ3n) is 1.93. The molecule has 1 rings (SSSR count). The van der Waals surface area contributed by atoms with E-state index in [0.29, 0.717) is 12.2 Å². The quantitative estimate of drug-likeness (QED) is 0.589. The molecule has 1 aromatic heterocycles. The van der Waals surface area contributed by atoms with Crippen LogP contribution in [0, 0.1) is 0 Å². The summed E-state index contributed by atoms with van der Waals surface area (Å²) in [5.41, 5.74) is 0.612. The summed E-state index contributed by atoms with van der Waals surface area (Å²) in [6, 6.07) is -0.262. The fraction of sp³-hybridized carbons (Fsp3) is 0.444. The average Bonchev–Trinajstić information content (AvgIpc) is 2.75. The van der Waals surface area contributed by atoms with E-state index in [9.17, 15) is 9.18 Å². The first-order chi connectivity index (χ1) is 7.74. The van der Waals surface area contributed by atoms with Gasteiger partial charge in [-0.1, -0.05) is 6.08 Å². The molecular weight excluding hydrogens is 215 g/mol. The summed E-state index contributed by atoms with van der Waals surface area (Å²) < 4.78 is 12.3. The number of carboxylic acid groups (broad SMARTS) is 1. The lowest BCUT2D eigenvalue weighted by Crippen LogP contribution is -2.22. The van der Waals surface area contributed by atoms with Crippen LogP contribution in [0.5, 0.6) is 0 Å². The summed E-state index contributed by atoms with van der Waals surface area (Å²) in [5.74, 6) is -1.01. The third-order valence-corrected chi connectivity index (χ3v) is 1.93. The van der Waals surface area contributed by atoms with Gasteiger partial charge in [0.15, 0.2) is 0 Å². The van der Waals surface area contributed by atoms with E-state index < -0.39 is 12.6 Å². The minimum Gasteiger partial charge on any atom is -0.478 e. The molecule has 0 saturated carbocycles. The smallest absolute Gasteiger partial charge is 0.328 e. The van der Waals surface area contributed by atoms with Crippen LogP contribution in [0.15, 0.2) is 18.3 Å². The molecule has 6 nitrogen and oxygen atoms in total. The molecule has 0 bridgehead atoms. The summed E-state index contributed by atoms with van der Waals surface area (Å²) in [6.45, 7) is -0.142. The van der Waals surface area contributed by atoms with Gasteiger partial charge >= 0.3 is 5.97 Å². The zero-order chi connectivity index (χ0) is 11.8. The Kier molecular flexibility index (Phi) is 5.13. The Morgan fingerprint density at radius 2 is 2.56 bits per heavy atom. The van der Waals surface area contributed by atoms with Crippen molar-refractivity contribution < 1.29 is 14.3 Å².